The zero-order valence-electron chi connectivity index (χ0n) is 17.7. The Morgan fingerprint density at radius 1 is 1.29 bits per heavy atom. The lowest BCUT2D eigenvalue weighted by atomic mass is 10.1. The van der Waals surface area contributed by atoms with Crippen LogP contribution in [0.15, 0.2) is 36.5 Å². The topological polar surface area (TPSA) is 118 Å². The second-order valence-corrected chi connectivity index (χ2v) is 7.62. The van der Waals surface area contributed by atoms with Crippen LogP contribution >= 0.6 is 0 Å². The van der Waals surface area contributed by atoms with Gasteiger partial charge < -0.3 is 15.0 Å². The summed E-state index contributed by atoms with van der Waals surface area (Å²) in [6.07, 6.45) is 2.23. The lowest BCUT2D eigenvalue weighted by Gasteiger charge is -2.22. The third-order valence-corrected chi connectivity index (χ3v) is 5.30. The number of nitrogens with zero attached hydrogens (tertiary/aromatic N) is 5. The maximum absolute atomic E-state index is 13.4. The molecule has 3 aromatic rings. The van der Waals surface area contributed by atoms with Gasteiger partial charge in [0.2, 0.25) is 5.91 Å². The van der Waals surface area contributed by atoms with E-state index in [0.29, 0.717) is 35.9 Å². The van der Waals surface area contributed by atoms with E-state index in [1.165, 1.54) is 7.11 Å². The number of aromatic amines is 1. The van der Waals surface area contributed by atoms with Crippen molar-refractivity contribution in [2.75, 3.05) is 20.3 Å². The van der Waals surface area contributed by atoms with Gasteiger partial charge in [0, 0.05) is 38.5 Å². The van der Waals surface area contributed by atoms with Crippen molar-refractivity contribution in [3.05, 3.63) is 53.6 Å². The van der Waals surface area contributed by atoms with E-state index in [1.54, 1.807) is 29.7 Å². The van der Waals surface area contributed by atoms with E-state index in [0.717, 1.165) is 5.56 Å². The molecule has 10 nitrogen and oxygen atoms in total. The van der Waals surface area contributed by atoms with Crippen molar-refractivity contribution in [2.45, 2.75) is 25.4 Å². The molecule has 1 aliphatic rings. The molecule has 4 rings (SSSR count). The average molecular weight is 423 g/mol. The molecule has 31 heavy (non-hydrogen) atoms. The van der Waals surface area contributed by atoms with Crippen molar-refractivity contribution in [1.82, 2.24) is 35.2 Å². The molecule has 0 bridgehead atoms. The van der Waals surface area contributed by atoms with E-state index in [9.17, 15) is 9.59 Å². The third-order valence-electron chi connectivity index (χ3n) is 5.30. The second kappa shape index (κ2) is 8.68. The number of carbonyl (C=O) groups excluding carboxylic acids is 2. The predicted octanol–water partition coefficient (Wildman–Crippen LogP) is 1.23. The zero-order chi connectivity index (χ0) is 22.0. The molecule has 162 valence electrons. The molecule has 1 fully saturated rings. The average Bonchev–Trinajstić information content (AvgIpc) is 3.46. The molecular weight excluding hydrogens is 398 g/mol. The van der Waals surface area contributed by atoms with Crippen LogP contribution in [0.3, 0.4) is 0 Å². The van der Waals surface area contributed by atoms with Gasteiger partial charge in [-0.05, 0) is 13.3 Å². The summed E-state index contributed by atoms with van der Waals surface area (Å²) in [6.45, 7) is 2.13. The third kappa shape index (κ3) is 4.33. The van der Waals surface area contributed by atoms with Gasteiger partial charge >= 0.3 is 0 Å². The molecule has 3 heterocycles. The fraction of sp³-hybridized carbons (Fsp3) is 0.381. The number of amides is 2. The van der Waals surface area contributed by atoms with Gasteiger partial charge in [0.15, 0.2) is 5.82 Å². The largest absolute Gasteiger partial charge is 0.375 e. The zero-order valence-corrected chi connectivity index (χ0v) is 17.7. The van der Waals surface area contributed by atoms with Crippen LogP contribution in [0.1, 0.15) is 34.3 Å². The molecule has 1 aliphatic heterocycles. The van der Waals surface area contributed by atoms with Crippen molar-refractivity contribution in [2.24, 2.45) is 7.05 Å². The maximum atomic E-state index is 13.4. The van der Waals surface area contributed by atoms with Gasteiger partial charge in [-0.15, -0.1) is 0 Å². The number of aromatic nitrogens is 5. The highest BCUT2D eigenvalue weighted by molar-refractivity contribution is 5.95. The van der Waals surface area contributed by atoms with Crippen molar-refractivity contribution in [3.8, 4) is 11.4 Å². The summed E-state index contributed by atoms with van der Waals surface area (Å²) >= 11 is 0. The Morgan fingerprint density at radius 2 is 2.06 bits per heavy atom. The molecule has 0 radical (unpaired) electrons. The van der Waals surface area contributed by atoms with Gasteiger partial charge in [0.1, 0.15) is 12.4 Å². The van der Waals surface area contributed by atoms with Gasteiger partial charge in [-0.1, -0.05) is 30.3 Å². The molecule has 2 aromatic heterocycles. The smallest absolute Gasteiger partial charge is 0.258 e. The highest BCUT2D eigenvalue weighted by Crippen LogP contribution is 2.33. The molecular formula is C21H25N7O3. The van der Waals surface area contributed by atoms with Gasteiger partial charge in [-0.25, -0.2) is 4.98 Å². The van der Waals surface area contributed by atoms with Gasteiger partial charge in [-0.2, -0.15) is 10.2 Å². The molecule has 10 heteroatoms. The molecule has 0 saturated carbocycles. The van der Waals surface area contributed by atoms with Crippen LogP contribution < -0.4 is 5.32 Å². The van der Waals surface area contributed by atoms with Gasteiger partial charge in [0.25, 0.3) is 5.91 Å². The molecule has 2 amide bonds. The minimum atomic E-state index is -0.357. The highest BCUT2D eigenvalue weighted by atomic mass is 16.5. The number of rotatable bonds is 6. The maximum Gasteiger partial charge on any atom is 0.258 e. The van der Waals surface area contributed by atoms with Crippen LogP contribution in [0.5, 0.6) is 0 Å². The number of aryl methyl sites for hydroxylation is 2. The predicted molar refractivity (Wildman–Crippen MR) is 112 cm³/mol. The summed E-state index contributed by atoms with van der Waals surface area (Å²) in [5.41, 5.74) is 2.06. The summed E-state index contributed by atoms with van der Waals surface area (Å²) in [7, 11) is 3.25. The standard InChI is InChI=1S/C21H25N7O3/c1-13-16(11-27(2)26-13)21(30)28-10-15(22-18(29)12-31-3)9-17(28)20-23-19(24-25-20)14-7-5-4-6-8-14/h4-8,11,15,17H,9-10,12H2,1-3H3,(H,22,29)(H,23,24,25)/t15-,17-/m0/s1. The molecule has 1 saturated heterocycles. The molecule has 0 unspecified atom stereocenters. The summed E-state index contributed by atoms with van der Waals surface area (Å²) in [5.74, 6) is 0.766. The van der Waals surface area contributed by atoms with Crippen molar-refractivity contribution in [1.29, 1.82) is 0 Å². The Bertz CT molecular complexity index is 1080. The number of nitrogens with one attached hydrogen (secondary N) is 2. The first-order valence-corrected chi connectivity index (χ1v) is 10.0. The Kier molecular flexibility index (Phi) is 5.81. The molecule has 0 spiro atoms. The van der Waals surface area contributed by atoms with Gasteiger partial charge in [-0.3, -0.25) is 19.4 Å². The minimum Gasteiger partial charge on any atom is -0.375 e. The number of benzene rings is 1. The Hall–Kier alpha value is -3.53. The Morgan fingerprint density at radius 3 is 2.74 bits per heavy atom. The summed E-state index contributed by atoms with van der Waals surface area (Å²) in [6, 6.07) is 9.04. The fourth-order valence-electron chi connectivity index (χ4n) is 3.93. The first-order valence-electron chi connectivity index (χ1n) is 10.0. The van der Waals surface area contributed by atoms with Crippen LogP contribution in [-0.2, 0) is 16.6 Å². The van der Waals surface area contributed by atoms with E-state index >= 15 is 0 Å². The molecule has 1 aromatic carbocycles. The van der Waals surface area contributed by atoms with Crippen molar-refractivity contribution >= 4 is 11.8 Å². The fourth-order valence-corrected chi connectivity index (χ4v) is 3.93. The van der Waals surface area contributed by atoms with E-state index in [1.807, 2.05) is 30.3 Å². The van der Waals surface area contributed by atoms with Crippen molar-refractivity contribution in [3.63, 3.8) is 0 Å². The van der Waals surface area contributed by atoms with E-state index in [2.05, 4.69) is 25.6 Å². The molecule has 2 N–H and O–H groups in total. The number of hydrogen-bond acceptors (Lipinski definition) is 6. The first-order chi connectivity index (χ1) is 15.0. The van der Waals surface area contributed by atoms with Crippen LogP contribution in [0.25, 0.3) is 11.4 Å². The van der Waals surface area contributed by atoms with Crippen LogP contribution in [-0.4, -0.2) is 68.0 Å². The van der Waals surface area contributed by atoms with E-state index in [-0.39, 0.29) is 30.5 Å². The summed E-state index contributed by atoms with van der Waals surface area (Å²) < 4.78 is 6.53. The second-order valence-electron chi connectivity index (χ2n) is 7.62. The van der Waals surface area contributed by atoms with Crippen LogP contribution in [0, 0.1) is 6.92 Å². The normalized spacial score (nSPS) is 18.4. The number of likely N-dealkylation sites (tertiary alicyclic amines) is 1. The van der Waals surface area contributed by atoms with Gasteiger partial charge in [0.05, 0.1) is 17.3 Å². The van der Waals surface area contributed by atoms with Crippen LogP contribution in [0.4, 0.5) is 0 Å². The number of methoxy groups -OCH3 is 1. The minimum absolute atomic E-state index is 0.0305. The monoisotopic (exact) mass is 423 g/mol. The quantitative estimate of drug-likeness (QED) is 0.616. The molecule has 0 aliphatic carbocycles. The highest BCUT2D eigenvalue weighted by Gasteiger charge is 2.40. The number of ether oxygens (including phenoxy) is 1. The van der Waals surface area contributed by atoms with Crippen LogP contribution in [0.2, 0.25) is 0 Å². The Labute approximate surface area is 179 Å². The summed E-state index contributed by atoms with van der Waals surface area (Å²) in [5, 5.41) is 14.5. The van der Waals surface area contributed by atoms with Crippen molar-refractivity contribution < 1.29 is 14.3 Å². The lowest BCUT2D eigenvalue weighted by molar-refractivity contribution is -0.125. The van der Waals surface area contributed by atoms with E-state index in [4.69, 9.17) is 4.74 Å². The summed E-state index contributed by atoms with van der Waals surface area (Å²) in [4.78, 5) is 31.8. The number of carbonyl (C=O) groups is 2. The SMILES string of the molecule is COCC(=O)N[C@H]1C[C@@H](c2nc(-c3ccccc3)n[nH]2)N(C(=O)c2cn(C)nc2C)C1. The Balaban J connectivity index is 1.62. The first kappa shape index (κ1) is 20.7. The van der Waals surface area contributed by atoms with E-state index < -0.39 is 0 Å². The molecule has 2 atom stereocenters. The lowest BCUT2D eigenvalue weighted by Crippen LogP contribution is -2.40. The number of H-pyrrole nitrogens is 1. The number of hydrogen-bond donors (Lipinski definition) is 2.